The van der Waals surface area contributed by atoms with E-state index in [2.05, 4.69) is 5.32 Å². The Labute approximate surface area is 127 Å². The second-order valence-electron chi connectivity index (χ2n) is 5.31. The monoisotopic (exact) mass is 315 g/mol. The second-order valence-corrected chi connectivity index (χ2v) is 5.31. The molecule has 1 fully saturated rings. The van der Waals surface area contributed by atoms with E-state index in [-0.39, 0.29) is 19.4 Å². The number of amides is 2. The molecular formula is C13H21N3O6. The van der Waals surface area contributed by atoms with Crippen LogP contribution in [-0.2, 0) is 19.2 Å². The van der Waals surface area contributed by atoms with Crippen LogP contribution in [-0.4, -0.2) is 63.5 Å². The number of hydrogen-bond donors (Lipinski definition) is 4. The van der Waals surface area contributed by atoms with Crippen LogP contribution in [0.1, 0.15) is 32.6 Å². The van der Waals surface area contributed by atoms with Gasteiger partial charge in [-0.25, -0.2) is 4.79 Å². The van der Waals surface area contributed by atoms with Crippen LogP contribution in [0, 0.1) is 0 Å². The second kappa shape index (κ2) is 7.74. The lowest BCUT2D eigenvalue weighted by molar-refractivity contribution is -0.149. The van der Waals surface area contributed by atoms with Crippen molar-refractivity contribution in [3.63, 3.8) is 0 Å². The largest absolute Gasteiger partial charge is 0.481 e. The summed E-state index contributed by atoms with van der Waals surface area (Å²) in [7, 11) is 0. The zero-order valence-corrected chi connectivity index (χ0v) is 12.3. The number of rotatable bonds is 7. The van der Waals surface area contributed by atoms with Crippen LogP contribution in [0.3, 0.4) is 0 Å². The van der Waals surface area contributed by atoms with Crippen molar-refractivity contribution in [2.75, 3.05) is 6.54 Å². The highest BCUT2D eigenvalue weighted by Crippen LogP contribution is 2.19. The van der Waals surface area contributed by atoms with Gasteiger partial charge in [0.15, 0.2) is 0 Å². The lowest BCUT2D eigenvalue weighted by atomic mass is 10.1. The first-order chi connectivity index (χ1) is 10.2. The van der Waals surface area contributed by atoms with Crippen LogP contribution in [0.15, 0.2) is 0 Å². The maximum atomic E-state index is 12.4. The van der Waals surface area contributed by atoms with Crippen LogP contribution < -0.4 is 11.1 Å². The maximum Gasteiger partial charge on any atom is 0.326 e. The number of nitrogens with zero attached hydrogens (tertiary/aromatic N) is 1. The fraction of sp³-hybridized carbons (Fsp3) is 0.692. The number of carbonyl (C=O) groups is 4. The fourth-order valence-electron chi connectivity index (χ4n) is 2.32. The third-order valence-corrected chi connectivity index (χ3v) is 3.50. The highest BCUT2D eigenvalue weighted by molar-refractivity contribution is 5.92. The molecule has 1 rings (SSSR count). The first-order valence-electron chi connectivity index (χ1n) is 7.05. The zero-order chi connectivity index (χ0) is 16.9. The molecule has 0 saturated carbocycles. The van der Waals surface area contributed by atoms with Gasteiger partial charge < -0.3 is 26.2 Å². The van der Waals surface area contributed by atoms with Crippen LogP contribution in [0.5, 0.6) is 0 Å². The summed E-state index contributed by atoms with van der Waals surface area (Å²) >= 11 is 0. The van der Waals surface area contributed by atoms with Crippen molar-refractivity contribution in [3.05, 3.63) is 0 Å². The minimum Gasteiger partial charge on any atom is -0.481 e. The van der Waals surface area contributed by atoms with Gasteiger partial charge in [-0.2, -0.15) is 0 Å². The molecule has 9 heteroatoms. The number of carboxylic acids is 2. The van der Waals surface area contributed by atoms with E-state index < -0.39 is 41.9 Å². The molecule has 3 unspecified atom stereocenters. The summed E-state index contributed by atoms with van der Waals surface area (Å²) in [4.78, 5) is 47.1. The molecule has 0 aromatic rings. The number of likely N-dealkylation sites (tertiary alicyclic amines) is 1. The van der Waals surface area contributed by atoms with Crippen molar-refractivity contribution < 1.29 is 29.4 Å². The lowest BCUT2D eigenvalue weighted by Gasteiger charge is -2.27. The van der Waals surface area contributed by atoms with Crippen LogP contribution in [0.2, 0.25) is 0 Å². The molecule has 0 spiro atoms. The smallest absolute Gasteiger partial charge is 0.326 e. The number of carboxylic acid groups (broad SMARTS) is 2. The van der Waals surface area contributed by atoms with Gasteiger partial charge in [0, 0.05) is 13.0 Å². The third kappa shape index (κ3) is 4.69. The Balaban J connectivity index is 2.83. The molecule has 0 aromatic carbocycles. The molecule has 1 aliphatic heterocycles. The predicted octanol–water partition coefficient (Wildman–Crippen LogP) is -1.24. The first-order valence-corrected chi connectivity index (χ1v) is 7.05. The molecular weight excluding hydrogens is 294 g/mol. The van der Waals surface area contributed by atoms with Gasteiger partial charge in [0.2, 0.25) is 11.8 Å². The van der Waals surface area contributed by atoms with E-state index in [0.717, 1.165) is 0 Å². The van der Waals surface area contributed by atoms with E-state index in [1.807, 2.05) is 0 Å². The molecule has 22 heavy (non-hydrogen) atoms. The van der Waals surface area contributed by atoms with Gasteiger partial charge >= 0.3 is 11.9 Å². The van der Waals surface area contributed by atoms with E-state index in [1.54, 1.807) is 0 Å². The Hall–Kier alpha value is -2.16. The van der Waals surface area contributed by atoms with Gasteiger partial charge in [0.25, 0.3) is 0 Å². The van der Waals surface area contributed by atoms with Crippen molar-refractivity contribution in [1.82, 2.24) is 10.2 Å². The van der Waals surface area contributed by atoms with E-state index in [4.69, 9.17) is 15.9 Å². The molecule has 0 aromatic heterocycles. The quantitative estimate of drug-likeness (QED) is 0.459. The molecule has 0 aliphatic carbocycles. The Morgan fingerprint density at radius 1 is 1.32 bits per heavy atom. The van der Waals surface area contributed by atoms with E-state index >= 15 is 0 Å². The molecule has 3 atom stereocenters. The Morgan fingerprint density at radius 2 is 1.95 bits per heavy atom. The Morgan fingerprint density at radius 3 is 2.45 bits per heavy atom. The highest BCUT2D eigenvalue weighted by Gasteiger charge is 2.37. The molecule has 1 saturated heterocycles. The van der Waals surface area contributed by atoms with Gasteiger partial charge in [-0.15, -0.1) is 0 Å². The molecule has 1 aliphatic rings. The van der Waals surface area contributed by atoms with Gasteiger partial charge in [0.05, 0.1) is 6.04 Å². The fourth-order valence-corrected chi connectivity index (χ4v) is 2.32. The van der Waals surface area contributed by atoms with Crippen molar-refractivity contribution in [3.8, 4) is 0 Å². The molecule has 9 nitrogen and oxygen atoms in total. The number of hydrogen-bond acceptors (Lipinski definition) is 5. The predicted molar refractivity (Wildman–Crippen MR) is 74.8 cm³/mol. The maximum absolute atomic E-state index is 12.4. The molecule has 0 bridgehead atoms. The molecule has 1 heterocycles. The minimum atomic E-state index is -1.11. The Bertz CT molecular complexity index is 465. The first kappa shape index (κ1) is 17.9. The summed E-state index contributed by atoms with van der Waals surface area (Å²) in [6.45, 7) is 1.71. The van der Waals surface area contributed by atoms with Crippen molar-refractivity contribution in [2.24, 2.45) is 5.73 Å². The molecule has 124 valence electrons. The Kier molecular flexibility index (Phi) is 6.29. The molecule has 5 N–H and O–H groups in total. The number of carbonyl (C=O) groups excluding carboxylic acids is 2. The standard InChI is InChI=1S/C13H21N3O6/c1-7(14)11(19)15-8(4-5-10(17)18)12(20)16-6-2-3-9(16)13(21)22/h7-9H,2-6,14H2,1H3,(H,15,19)(H,17,18)(H,21,22). The van der Waals surface area contributed by atoms with Gasteiger partial charge in [-0.3, -0.25) is 14.4 Å². The van der Waals surface area contributed by atoms with Gasteiger partial charge in [0.1, 0.15) is 12.1 Å². The number of nitrogens with two attached hydrogens (primary N) is 1. The van der Waals surface area contributed by atoms with E-state index in [9.17, 15) is 19.2 Å². The summed E-state index contributed by atoms with van der Waals surface area (Å²) in [5.41, 5.74) is 5.42. The van der Waals surface area contributed by atoms with Gasteiger partial charge in [-0.05, 0) is 26.2 Å². The van der Waals surface area contributed by atoms with Crippen molar-refractivity contribution in [2.45, 2.75) is 50.7 Å². The minimum absolute atomic E-state index is 0.116. The van der Waals surface area contributed by atoms with Crippen LogP contribution >= 0.6 is 0 Å². The molecule has 0 radical (unpaired) electrons. The average molecular weight is 315 g/mol. The summed E-state index contributed by atoms with van der Waals surface area (Å²) in [6.07, 6.45) is 0.459. The van der Waals surface area contributed by atoms with E-state index in [1.165, 1.54) is 11.8 Å². The average Bonchev–Trinajstić information content (AvgIpc) is 2.91. The molecule has 2 amide bonds. The summed E-state index contributed by atoms with van der Waals surface area (Å²) in [6, 6.07) is -2.88. The van der Waals surface area contributed by atoms with Crippen LogP contribution in [0.25, 0.3) is 0 Å². The van der Waals surface area contributed by atoms with Gasteiger partial charge in [-0.1, -0.05) is 0 Å². The normalized spacial score (nSPS) is 20.3. The van der Waals surface area contributed by atoms with E-state index in [0.29, 0.717) is 12.8 Å². The van der Waals surface area contributed by atoms with Crippen LogP contribution in [0.4, 0.5) is 0 Å². The summed E-state index contributed by atoms with van der Waals surface area (Å²) < 4.78 is 0. The van der Waals surface area contributed by atoms with Crippen molar-refractivity contribution >= 4 is 23.8 Å². The highest BCUT2D eigenvalue weighted by atomic mass is 16.4. The zero-order valence-electron chi connectivity index (χ0n) is 12.3. The number of nitrogens with one attached hydrogen (secondary N) is 1. The third-order valence-electron chi connectivity index (χ3n) is 3.50. The summed E-state index contributed by atoms with van der Waals surface area (Å²) in [5.74, 6) is -3.39. The summed E-state index contributed by atoms with van der Waals surface area (Å²) in [5, 5.41) is 20.2. The van der Waals surface area contributed by atoms with Crippen molar-refractivity contribution in [1.29, 1.82) is 0 Å². The lowest BCUT2D eigenvalue weighted by Crippen LogP contribution is -2.54. The SMILES string of the molecule is CC(N)C(=O)NC(CCC(=O)O)C(=O)N1CCCC1C(=O)O. The topological polar surface area (TPSA) is 150 Å². The number of aliphatic carboxylic acids is 2.